The molecule has 0 fully saturated rings. The Bertz CT molecular complexity index is 767. The Labute approximate surface area is 122 Å². The van der Waals surface area contributed by atoms with Crippen LogP contribution in [0, 0.1) is 0 Å². The van der Waals surface area contributed by atoms with Crippen LogP contribution < -0.4 is 0 Å². The zero-order valence-corrected chi connectivity index (χ0v) is 12.0. The number of sulfonamides is 2. The Morgan fingerprint density at radius 1 is 0.955 bits per heavy atom. The van der Waals surface area contributed by atoms with E-state index in [9.17, 15) is 38.8 Å². The van der Waals surface area contributed by atoms with E-state index in [-0.39, 0.29) is 0 Å². The molecule has 0 unspecified atom stereocenters. The fourth-order valence-electron chi connectivity index (χ4n) is 1.14. The lowest BCUT2D eigenvalue weighted by atomic mass is 10.2. The average Bonchev–Trinajstić information content (AvgIpc) is 2.36. The zero-order valence-electron chi connectivity index (χ0n) is 10.4. The first kappa shape index (κ1) is 18.5. The Balaban J connectivity index is 3.23. The van der Waals surface area contributed by atoms with Gasteiger partial charge >= 0.3 is 11.4 Å². The highest BCUT2D eigenvalue weighted by atomic mass is 32.3. The van der Waals surface area contributed by atoms with Gasteiger partial charge in [-0.05, 0) is 17.7 Å². The zero-order chi connectivity index (χ0) is 17.4. The molecule has 22 heavy (non-hydrogen) atoms. The quantitative estimate of drug-likeness (QED) is 0.752. The summed E-state index contributed by atoms with van der Waals surface area (Å²) in [4.78, 5) is -0.861. The molecule has 0 aliphatic rings. The molecule has 0 atom stereocenters. The van der Waals surface area contributed by atoms with Crippen LogP contribution in [0.5, 0.6) is 0 Å². The maximum Gasteiger partial charge on any atom is 0.467 e. The molecule has 0 heterocycles. The highest BCUT2D eigenvalue weighted by Crippen LogP contribution is 2.43. The Morgan fingerprint density at radius 2 is 1.41 bits per heavy atom. The standard InChI is InChI=1S/C10H7F5NO4S2/c1-2-7-3-5-8(6-4-7)21(17,18)16-22(19,20)10(14,15)9(11,12)13/h2-6H,1H2/q-1. The second kappa shape index (κ2) is 5.59. The predicted molar refractivity (Wildman–Crippen MR) is 67.0 cm³/mol. The molecule has 1 aromatic carbocycles. The van der Waals surface area contributed by atoms with Gasteiger partial charge in [0.2, 0.25) is 0 Å². The minimum Gasteiger partial charge on any atom is -0.426 e. The normalized spacial score (nSPS) is 13.9. The van der Waals surface area contributed by atoms with E-state index in [1.54, 1.807) is 4.13 Å². The van der Waals surface area contributed by atoms with Crippen molar-refractivity contribution in [3.8, 4) is 0 Å². The third-order valence-corrected chi connectivity index (χ3v) is 5.58. The Morgan fingerprint density at radius 3 is 1.77 bits per heavy atom. The van der Waals surface area contributed by atoms with Gasteiger partial charge in [0.25, 0.3) is 0 Å². The Kier molecular flexibility index (Phi) is 4.71. The largest absolute Gasteiger partial charge is 0.467 e. The number of nitrogens with zero attached hydrogens (tertiary/aromatic N) is 1. The molecule has 0 spiro atoms. The number of benzene rings is 1. The van der Waals surface area contributed by atoms with Crippen LogP contribution in [0.1, 0.15) is 5.56 Å². The van der Waals surface area contributed by atoms with Gasteiger partial charge in [0.15, 0.2) is 10.0 Å². The van der Waals surface area contributed by atoms with E-state index in [4.69, 9.17) is 0 Å². The molecule has 0 aliphatic carbocycles. The van der Waals surface area contributed by atoms with Crippen molar-refractivity contribution in [3.05, 3.63) is 40.5 Å². The van der Waals surface area contributed by atoms with E-state index >= 15 is 0 Å². The smallest absolute Gasteiger partial charge is 0.426 e. The van der Waals surface area contributed by atoms with Gasteiger partial charge in [-0.1, -0.05) is 24.8 Å². The molecule has 0 amide bonds. The van der Waals surface area contributed by atoms with Crippen molar-refractivity contribution in [1.29, 1.82) is 0 Å². The van der Waals surface area contributed by atoms with Crippen LogP contribution in [0.4, 0.5) is 22.0 Å². The lowest BCUT2D eigenvalue weighted by Gasteiger charge is -2.28. The maximum absolute atomic E-state index is 12.8. The van der Waals surface area contributed by atoms with Crippen LogP contribution in [-0.4, -0.2) is 28.3 Å². The van der Waals surface area contributed by atoms with Gasteiger partial charge in [-0.2, -0.15) is 22.0 Å². The van der Waals surface area contributed by atoms with Crippen molar-refractivity contribution in [2.75, 3.05) is 0 Å². The average molecular weight is 364 g/mol. The molecule has 1 aromatic rings. The third kappa shape index (κ3) is 3.44. The first-order valence-corrected chi connectivity index (χ1v) is 8.03. The third-order valence-electron chi connectivity index (χ3n) is 2.26. The van der Waals surface area contributed by atoms with E-state index in [2.05, 4.69) is 6.58 Å². The van der Waals surface area contributed by atoms with Crippen molar-refractivity contribution in [3.63, 3.8) is 0 Å². The summed E-state index contributed by atoms with van der Waals surface area (Å²) in [5, 5.41) is -6.33. The van der Waals surface area contributed by atoms with Gasteiger partial charge in [-0.25, -0.2) is 16.8 Å². The van der Waals surface area contributed by atoms with Gasteiger partial charge in [-0.15, -0.1) is 0 Å². The van der Waals surface area contributed by atoms with Crippen molar-refractivity contribution in [1.82, 2.24) is 0 Å². The summed E-state index contributed by atoms with van der Waals surface area (Å²) in [5.41, 5.74) is 0.405. The van der Waals surface area contributed by atoms with E-state index < -0.39 is 36.4 Å². The van der Waals surface area contributed by atoms with Crippen LogP contribution in [0.2, 0.25) is 0 Å². The monoisotopic (exact) mass is 364 g/mol. The van der Waals surface area contributed by atoms with Crippen molar-refractivity contribution in [2.24, 2.45) is 0 Å². The number of rotatable bonds is 5. The molecule has 0 bridgehead atoms. The minimum absolute atomic E-state index is 0.405. The van der Waals surface area contributed by atoms with E-state index in [0.717, 1.165) is 24.3 Å². The molecule has 0 saturated carbocycles. The molecule has 0 radical (unpaired) electrons. The summed E-state index contributed by atoms with van der Waals surface area (Å²) in [7, 11) is -11.9. The maximum atomic E-state index is 12.8. The van der Waals surface area contributed by atoms with Crippen LogP contribution in [-0.2, 0) is 20.0 Å². The molecule has 0 N–H and O–H groups in total. The summed E-state index contributed by atoms with van der Waals surface area (Å²) >= 11 is 0. The molecule has 0 aromatic heterocycles. The summed E-state index contributed by atoms with van der Waals surface area (Å²) < 4.78 is 108. The molecule has 0 saturated heterocycles. The first-order chi connectivity index (χ1) is 9.74. The van der Waals surface area contributed by atoms with E-state index in [1.165, 1.54) is 6.08 Å². The molecule has 5 nitrogen and oxygen atoms in total. The fraction of sp³-hybridized carbons (Fsp3) is 0.200. The SMILES string of the molecule is C=Cc1ccc(S(=O)(=O)[N-]S(=O)(=O)C(F)(F)C(F)(F)F)cc1. The lowest BCUT2D eigenvalue weighted by Crippen LogP contribution is -2.43. The van der Waals surface area contributed by atoms with Gasteiger partial charge < -0.3 is 4.13 Å². The van der Waals surface area contributed by atoms with Crippen LogP contribution >= 0.6 is 0 Å². The number of alkyl halides is 5. The summed E-state index contributed by atoms with van der Waals surface area (Å²) in [6.07, 6.45) is -5.21. The van der Waals surface area contributed by atoms with Crippen LogP contribution in [0.25, 0.3) is 10.2 Å². The second-order valence-corrected chi connectivity index (χ2v) is 7.29. The topological polar surface area (TPSA) is 82.4 Å². The van der Waals surface area contributed by atoms with Crippen molar-refractivity contribution in [2.45, 2.75) is 16.3 Å². The highest BCUT2D eigenvalue weighted by molar-refractivity contribution is 8.12. The molecule has 12 heteroatoms. The van der Waals surface area contributed by atoms with Gasteiger partial charge in [0, 0.05) is 4.90 Å². The molecule has 0 aliphatic heterocycles. The van der Waals surface area contributed by atoms with Gasteiger partial charge in [0.1, 0.15) is 10.0 Å². The fourth-order valence-corrected chi connectivity index (χ4v) is 3.67. The van der Waals surface area contributed by atoms with E-state index in [0.29, 0.717) is 5.56 Å². The van der Waals surface area contributed by atoms with Crippen LogP contribution in [0.3, 0.4) is 0 Å². The molecular weight excluding hydrogens is 357 g/mol. The number of hydrogen-bond acceptors (Lipinski definition) is 4. The predicted octanol–water partition coefficient (Wildman–Crippen LogP) is 2.88. The second-order valence-electron chi connectivity index (χ2n) is 3.81. The summed E-state index contributed by atoms with van der Waals surface area (Å²) in [6, 6.07) is 3.84. The highest BCUT2D eigenvalue weighted by Gasteiger charge is 2.64. The Hall–Kier alpha value is -1.53. The van der Waals surface area contributed by atoms with E-state index in [1.807, 2.05) is 0 Å². The van der Waals surface area contributed by atoms with Gasteiger partial charge in [-0.3, -0.25) is 0 Å². The van der Waals surface area contributed by atoms with Crippen molar-refractivity contribution >= 4 is 26.1 Å². The number of hydrogen-bond donors (Lipinski definition) is 0. The summed E-state index contributed by atoms with van der Waals surface area (Å²) in [5.74, 6) is 0. The lowest BCUT2D eigenvalue weighted by molar-refractivity contribution is -0.240. The molecular formula is C10H7F5NO4S2-. The van der Waals surface area contributed by atoms with Crippen LogP contribution in [0.15, 0.2) is 35.7 Å². The molecule has 1 rings (SSSR count). The summed E-state index contributed by atoms with van der Waals surface area (Å²) in [6.45, 7) is 3.35. The molecule has 124 valence electrons. The number of halogens is 5. The van der Waals surface area contributed by atoms with Crippen molar-refractivity contribution < 1.29 is 38.8 Å². The first-order valence-electron chi connectivity index (χ1n) is 5.15. The minimum atomic E-state index is -6.68. The van der Waals surface area contributed by atoms with Gasteiger partial charge in [0.05, 0.1) is 0 Å².